The van der Waals surface area contributed by atoms with E-state index in [4.69, 9.17) is 0 Å². The van der Waals surface area contributed by atoms with Crippen LogP contribution in [0.25, 0.3) is 0 Å². The van der Waals surface area contributed by atoms with Gasteiger partial charge in [0.05, 0.1) is 17.2 Å². The molecule has 0 aromatic carbocycles. The molecule has 0 radical (unpaired) electrons. The Hall–Kier alpha value is -1.89. The van der Waals surface area contributed by atoms with Crippen molar-refractivity contribution in [1.29, 1.82) is 0 Å². The second kappa shape index (κ2) is 4.90. The van der Waals surface area contributed by atoms with E-state index in [1.54, 1.807) is 4.57 Å². The molecule has 20 heavy (non-hydrogen) atoms. The minimum absolute atomic E-state index is 0.0650. The van der Waals surface area contributed by atoms with Crippen molar-refractivity contribution in [3.63, 3.8) is 0 Å². The number of nitrogens with zero attached hydrogens (tertiary/aromatic N) is 2. The van der Waals surface area contributed by atoms with E-state index >= 15 is 0 Å². The highest BCUT2D eigenvalue weighted by Gasteiger charge is 2.32. The van der Waals surface area contributed by atoms with E-state index in [2.05, 4.69) is 5.32 Å². The Morgan fingerprint density at radius 1 is 1.50 bits per heavy atom. The molecule has 7 heteroatoms. The third-order valence-electron chi connectivity index (χ3n) is 3.86. The summed E-state index contributed by atoms with van der Waals surface area (Å²) in [4.78, 5) is 22.4. The summed E-state index contributed by atoms with van der Waals surface area (Å²) in [6, 6.07) is 1.50. The molecule has 1 unspecified atom stereocenters. The topological polar surface area (TPSA) is 97.4 Å². The molecule has 3 rings (SSSR count). The first-order valence-corrected chi connectivity index (χ1v) is 6.89. The zero-order chi connectivity index (χ0) is 14.3. The molecule has 7 nitrogen and oxygen atoms in total. The monoisotopic (exact) mass is 279 g/mol. The van der Waals surface area contributed by atoms with Crippen LogP contribution in [0.1, 0.15) is 42.2 Å². The minimum atomic E-state index is -0.515. The van der Waals surface area contributed by atoms with E-state index in [0.29, 0.717) is 11.6 Å². The minimum Gasteiger partial charge on any atom is -0.391 e. The Morgan fingerprint density at radius 2 is 2.20 bits per heavy atom. The van der Waals surface area contributed by atoms with Crippen LogP contribution in [0, 0.1) is 16.0 Å². The van der Waals surface area contributed by atoms with Crippen LogP contribution in [0.4, 0.5) is 5.69 Å². The molecule has 1 heterocycles. The van der Waals surface area contributed by atoms with Crippen LogP contribution in [0.2, 0.25) is 0 Å². The average Bonchev–Trinajstić information content (AvgIpc) is 3.32. The molecule has 2 aliphatic rings. The number of aliphatic hydroxyl groups is 1. The van der Waals surface area contributed by atoms with E-state index in [0.717, 1.165) is 25.7 Å². The number of amides is 1. The van der Waals surface area contributed by atoms with Crippen molar-refractivity contribution in [3.8, 4) is 0 Å². The van der Waals surface area contributed by atoms with Crippen LogP contribution < -0.4 is 5.32 Å². The number of rotatable bonds is 6. The number of hydrogen-bond acceptors (Lipinski definition) is 4. The van der Waals surface area contributed by atoms with Crippen LogP contribution in [-0.2, 0) is 0 Å². The van der Waals surface area contributed by atoms with Gasteiger partial charge in [-0.1, -0.05) is 0 Å². The molecule has 1 aromatic heterocycles. The van der Waals surface area contributed by atoms with Gasteiger partial charge in [-0.2, -0.15) is 0 Å². The average molecular weight is 279 g/mol. The van der Waals surface area contributed by atoms with Crippen LogP contribution in [0.15, 0.2) is 12.3 Å². The van der Waals surface area contributed by atoms with Crippen molar-refractivity contribution in [1.82, 2.24) is 9.88 Å². The molecule has 0 bridgehead atoms. The molecule has 1 aromatic rings. The Morgan fingerprint density at radius 3 is 2.75 bits per heavy atom. The van der Waals surface area contributed by atoms with E-state index in [9.17, 15) is 20.0 Å². The summed E-state index contributed by atoms with van der Waals surface area (Å²) in [6.07, 6.45) is 4.79. The quantitative estimate of drug-likeness (QED) is 0.604. The molecule has 108 valence electrons. The van der Waals surface area contributed by atoms with E-state index in [1.165, 1.54) is 12.3 Å². The van der Waals surface area contributed by atoms with E-state index in [-0.39, 0.29) is 24.2 Å². The van der Waals surface area contributed by atoms with Crippen LogP contribution in [-0.4, -0.2) is 33.2 Å². The highest BCUT2D eigenvalue weighted by molar-refractivity contribution is 5.93. The summed E-state index contributed by atoms with van der Waals surface area (Å²) < 4.78 is 1.68. The van der Waals surface area contributed by atoms with Gasteiger partial charge in [0.2, 0.25) is 0 Å². The van der Waals surface area contributed by atoms with Gasteiger partial charge in [-0.3, -0.25) is 14.9 Å². The molecular formula is C13H17N3O4. The molecule has 1 atom stereocenters. The van der Waals surface area contributed by atoms with Gasteiger partial charge in [-0.05, 0) is 31.6 Å². The van der Waals surface area contributed by atoms with Gasteiger partial charge in [0.1, 0.15) is 5.69 Å². The number of aliphatic hydroxyl groups excluding tert-OH is 1. The lowest BCUT2D eigenvalue weighted by Gasteiger charge is -2.11. The van der Waals surface area contributed by atoms with Crippen molar-refractivity contribution in [2.24, 2.45) is 5.92 Å². The second-order valence-electron chi connectivity index (χ2n) is 5.59. The molecule has 2 N–H and O–H groups in total. The summed E-state index contributed by atoms with van der Waals surface area (Å²) in [7, 11) is 0. The number of carbonyl (C=O) groups is 1. The van der Waals surface area contributed by atoms with Gasteiger partial charge < -0.3 is 15.0 Å². The van der Waals surface area contributed by atoms with E-state index in [1.807, 2.05) is 0 Å². The fourth-order valence-electron chi connectivity index (χ4n) is 2.34. The molecule has 2 saturated carbocycles. The zero-order valence-electron chi connectivity index (χ0n) is 11.0. The Labute approximate surface area is 115 Å². The van der Waals surface area contributed by atoms with Gasteiger partial charge >= 0.3 is 0 Å². The maximum absolute atomic E-state index is 12.1. The molecular weight excluding hydrogens is 262 g/mol. The first-order chi connectivity index (χ1) is 9.56. The van der Waals surface area contributed by atoms with Crippen LogP contribution in [0.3, 0.4) is 0 Å². The lowest BCUT2D eigenvalue weighted by atomic mass is 10.2. The Balaban J connectivity index is 1.70. The van der Waals surface area contributed by atoms with Gasteiger partial charge in [-0.15, -0.1) is 0 Å². The fourth-order valence-corrected chi connectivity index (χ4v) is 2.34. The second-order valence-corrected chi connectivity index (χ2v) is 5.59. The molecule has 2 aliphatic carbocycles. The Bertz CT molecular complexity index is 546. The van der Waals surface area contributed by atoms with Crippen molar-refractivity contribution < 1.29 is 14.8 Å². The number of aromatic nitrogens is 1. The predicted molar refractivity (Wildman–Crippen MR) is 70.4 cm³/mol. The van der Waals surface area contributed by atoms with E-state index < -0.39 is 11.0 Å². The number of hydrogen-bond donors (Lipinski definition) is 2. The van der Waals surface area contributed by atoms with Gasteiger partial charge in [0, 0.05) is 18.7 Å². The number of nitro groups is 1. The zero-order valence-corrected chi connectivity index (χ0v) is 11.0. The summed E-state index contributed by atoms with van der Waals surface area (Å²) in [5.41, 5.74) is 0.243. The molecule has 2 fully saturated rings. The SMILES string of the molecule is O=C(NCC(O)C1CC1)c1cc([N+](=O)[O-])cn1C1CC1. The normalized spacial score (nSPS) is 19.6. The number of nitrogens with one attached hydrogen (secondary N) is 1. The lowest BCUT2D eigenvalue weighted by Crippen LogP contribution is -2.34. The fraction of sp³-hybridized carbons (Fsp3) is 0.615. The summed E-state index contributed by atoms with van der Waals surface area (Å²) in [5.74, 6) is -0.0652. The maximum atomic E-state index is 12.1. The molecule has 0 aliphatic heterocycles. The van der Waals surface area contributed by atoms with Crippen LogP contribution >= 0.6 is 0 Å². The van der Waals surface area contributed by atoms with Gasteiger partial charge in [0.15, 0.2) is 0 Å². The molecule has 0 spiro atoms. The summed E-state index contributed by atoms with van der Waals surface area (Å²) >= 11 is 0. The first-order valence-electron chi connectivity index (χ1n) is 6.89. The van der Waals surface area contributed by atoms with Crippen LogP contribution in [0.5, 0.6) is 0 Å². The maximum Gasteiger partial charge on any atom is 0.287 e. The molecule has 0 saturated heterocycles. The lowest BCUT2D eigenvalue weighted by molar-refractivity contribution is -0.384. The largest absolute Gasteiger partial charge is 0.391 e. The first kappa shape index (κ1) is 13.1. The summed E-state index contributed by atoms with van der Waals surface area (Å²) in [6.45, 7) is 0.202. The van der Waals surface area contributed by atoms with Gasteiger partial charge in [0.25, 0.3) is 11.6 Å². The smallest absolute Gasteiger partial charge is 0.287 e. The highest BCUT2D eigenvalue weighted by Crippen LogP contribution is 2.38. The van der Waals surface area contributed by atoms with Crippen molar-refractivity contribution >= 4 is 11.6 Å². The van der Waals surface area contributed by atoms with Crippen molar-refractivity contribution in [2.75, 3.05) is 6.54 Å². The highest BCUT2D eigenvalue weighted by atomic mass is 16.6. The van der Waals surface area contributed by atoms with Crippen molar-refractivity contribution in [2.45, 2.75) is 37.8 Å². The standard InChI is InChI=1S/C13H17N3O4/c17-12(8-1-2-8)6-14-13(18)11-5-10(16(19)20)7-15(11)9-3-4-9/h5,7-9,12,17H,1-4,6H2,(H,14,18). The Kier molecular flexibility index (Phi) is 3.21. The third-order valence-corrected chi connectivity index (χ3v) is 3.86. The molecule has 1 amide bonds. The summed E-state index contributed by atoms with van der Waals surface area (Å²) in [5, 5.41) is 23.2. The van der Waals surface area contributed by atoms with Gasteiger partial charge in [-0.25, -0.2) is 0 Å². The van der Waals surface area contributed by atoms with Crippen molar-refractivity contribution in [3.05, 3.63) is 28.1 Å². The predicted octanol–water partition coefficient (Wildman–Crippen LogP) is 1.23. The number of carbonyl (C=O) groups excluding carboxylic acids is 1. The third kappa shape index (κ3) is 2.67.